The van der Waals surface area contributed by atoms with Gasteiger partial charge in [0.1, 0.15) is 0 Å². The molecule has 0 spiro atoms. The number of fused-ring (bicyclic) bond motifs is 1. The van der Waals surface area contributed by atoms with Crippen molar-refractivity contribution in [3.8, 4) is 11.8 Å². The Morgan fingerprint density at radius 2 is 2.24 bits per heavy atom. The highest BCUT2D eigenvalue weighted by atomic mass is 15.2. The molecule has 4 heteroatoms. The Kier molecular flexibility index (Phi) is 5.57. The van der Waals surface area contributed by atoms with E-state index in [1.807, 2.05) is 32.3 Å². The third-order valence-corrected chi connectivity index (χ3v) is 4.54. The number of aromatic nitrogens is 1. The summed E-state index contributed by atoms with van der Waals surface area (Å²) in [6.45, 7) is 6.72. The van der Waals surface area contributed by atoms with Crippen LogP contribution in [0.4, 0.5) is 5.69 Å². The topological polar surface area (TPSA) is 40.2 Å². The van der Waals surface area contributed by atoms with E-state index in [2.05, 4.69) is 57.5 Å². The van der Waals surface area contributed by atoms with Crippen LogP contribution in [0.1, 0.15) is 19.0 Å². The Bertz CT molecular complexity index is 777. The lowest BCUT2D eigenvalue weighted by molar-refractivity contribution is 0.328. The van der Waals surface area contributed by atoms with Crippen LogP contribution in [-0.2, 0) is 0 Å². The molecule has 1 atom stereocenters. The highest BCUT2D eigenvalue weighted by Crippen LogP contribution is 2.32. The molecule has 2 aliphatic rings. The van der Waals surface area contributed by atoms with Gasteiger partial charge in [-0.3, -0.25) is 4.98 Å². The molecule has 0 saturated heterocycles. The Morgan fingerprint density at radius 3 is 3.00 bits per heavy atom. The molecule has 1 aliphatic heterocycles. The number of hydrogen-bond acceptors (Lipinski definition) is 4. The summed E-state index contributed by atoms with van der Waals surface area (Å²) >= 11 is 0. The maximum absolute atomic E-state index is 4.21. The lowest BCUT2D eigenvalue weighted by atomic mass is 9.95. The van der Waals surface area contributed by atoms with Crippen LogP contribution in [0.15, 0.2) is 53.4 Å². The summed E-state index contributed by atoms with van der Waals surface area (Å²) < 4.78 is 0. The number of allylic oxidation sites excluding steroid dienone is 1. The van der Waals surface area contributed by atoms with Crippen molar-refractivity contribution in [2.75, 3.05) is 32.0 Å². The molecular formula is C21H26N4. The highest BCUT2D eigenvalue weighted by Gasteiger charge is 2.29. The minimum absolute atomic E-state index is 0.450. The summed E-state index contributed by atoms with van der Waals surface area (Å²) in [5, 5.41) is 6.56. The fourth-order valence-corrected chi connectivity index (χ4v) is 3.38. The summed E-state index contributed by atoms with van der Waals surface area (Å²) in [5.74, 6) is 6.61. The maximum atomic E-state index is 4.21. The normalized spacial score (nSPS) is 18.6. The number of nitrogens with zero attached hydrogens (tertiary/aromatic N) is 2. The van der Waals surface area contributed by atoms with Crippen molar-refractivity contribution in [1.29, 1.82) is 0 Å². The molecular weight excluding hydrogens is 308 g/mol. The van der Waals surface area contributed by atoms with Gasteiger partial charge in [-0.25, -0.2) is 0 Å². The minimum atomic E-state index is 0.450. The summed E-state index contributed by atoms with van der Waals surface area (Å²) in [5.41, 5.74) is 5.95. The van der Waals surface area contributed by atoms with Gasteiger partial charge in [0, 0.05) is 30.7 Å². The van der Waals surface area contributed by atoms with E-state index in [-0.39, 0.29) is 0 Å². The van der Waals surface area contributed by atoms with Crippen molar-refractivity contribution < 1.29 is 0 Å². The van der Waals surface area contributed by atoms with Gasteiger partial charge in [0.15, 0.2) is 0 Å². The van der Waals surface area contributed by atoms with E-state index in [1.54, 1.807) is 0 Å². The first-order chi connectivity index (χ1) is 12.2. The third-order valence-electron chi connectivity index (χ3n) is 4.54. The van der Waals surface area contributed by atoms with Crippen LogP contribution in [0.2, 0.25) is 0 Å². The van der Waals surface area contributed by atoms with Crippen LogP contribution < -0.4 is 10.6 Å². The lowest BCUT2D eigenvalue weighted by Crippen LogP contribution is -2.31. The number of rotatable bonds is 5. The third kappa shape index (κ3) is 4.12. The first-order valence-electron chi connectivity index (χ1n) is 8.90. The Labute approximate surface area is 150 Å². The zero-order valence-corrected chi connectivity index (χ0v) is 15.3. The van der Waals surface area contributed by atoms with E-state index in [9.17, 15) is 0 Å². The number of likely N-dealkylation sites (N-methyl/N-ethyl adjacent to an activating group) is 2. The molecule has 25 heavy (non-hydrogen) atoms. The van der Waals surface area contributed by atoms with Gasteiger partial charge in [0.05, 0.1) is 18.3 Å². The highest BCUT2D eigenvalue weighted by molar-refractivity contribution is 5.50. The Hall–Kier alpha value is -2.51. The van der Waals surface area contributed by atoms with Crippen molar-refractivity contribution in [3.63, 3.8) is 0 Å². The second-order valence-electron chi connectivity index (χ2n) is 6.36. The van der Waals surface area contributed by atoms with Gasteiger partial charge in [-0.2, -0.15) is 0 Å². The monoisotopic (exact) mass is 334 g/mol. The largest absolute Gasteiger partial charge is 0.374 e. The zero-order valence-electron chi connectivity index (χ0n) is 15.3. The number of aryl methyl sites for hydroxylation is 1. The molecule has 1 aromatic rings. The molecule has 0 aromatic carbocycles. The predicted octanol–water partition coefficient (Wildman–Crippen LogP) is 2.87. The molecule has 0 saturated carbocycles. The predicted molar refractivity (Wildman–Crippen MR) is 104 cm³/mol. The Morgan fingerprint density at radius 1 is 1.36 bits per heavy atom. The van der Waals surface area contributed by atoms with Gasteiger partial charge in [-0.05, 0) is 62.6 Å². The average molecular weight is 334 g/mol. The van der Waals surface area contributed by atoms with Gasteiger partial charge in [-0.1, -0.05) is 18.1 Å². The fourth-order valence-electron chi connectivity index (χ4n) is 3.38. The van der Waals surface area contributed by atoms with Crippen molar-refractivity contribution in [2.45, 2.75) is 26.3 Å². The van der Waals surface area contributed by atoms with Gasteiger partial charge < -0.3 is 15.5 Å². The fraction of sp³-hybridized carbons (Fsp3) is 0.381. The summed E-state index contributed by atoms with van der Waals surface area (Å²) in [6, 6.07) is 4.45. The van der Waals surface area contributed by atoms with Crippen LogP contribution in [0.25, 0.3) is 0 Å². The van der Waals surface area contributed by atoms with Gasteiger partial charge in [-0.15, -0.1) is 0 Å². The second-order valence-corrected chi connectivity index (χ2v) is 6.36. The number of hydrogen-bond donors (Lipinski definition) is 2. The van der Waals surface area contributed by atoms with E-state index in [0.717, 1.165) is 36.6 Å². The molecule has 0 radical (unpaired) electrons. The quantitative estimate of drug-likeness (QED) is 0.813. The van der Waals surface area contributed by atoms with E-state index >= 15 is 0 Å². The van der Waals surface area contributed by atoms with Gasteiger partial charge >= 0.3 is 0 Å². The smallest absolute Gasteiger partial charge is 0.0888 e. The molecule has 0 bridgehead atoms. The molecule has 3 rings (SSSR count). The van der Waals surface area contributed by atoms with E-state index in [0.29, 0.717) is 12.6 Å². The van der Waals surface area contributed by atoms with Crippen molar-refractivity contribution in [3.05, 3.63) is 59.1 Å². The van der Waals surface area contributed by atoms with Gasteiger partial charge in [0.25, 0.3) is 0 Å². The van der Waals surface area contributed by atoms with E-state index in [4.69, 9.17) is 0 Å². The van der Waals surface area contributed by atoms with Crippen molar-refractivity contribution in [1.82, 2.24) is 15.2 Å². The van der Waals surface area contributed by atoms with Crippen LogP contribution in [0.3, 0.4) is 0 Å². The van der Waals surface area contributed by atoms with Crippen LogP contribution in [0, 0.1) is 18.8 Å². The molecule has 130 valence electrons. The molecule has 0 fully saturated rings. The summed E-state index contributed by atoms with van der Waals surface area (Å²) in [4.78, 5) is 6.61. The molecule has 0 amide bonds. The summed E-state index contributed by atoms with van der Waals surface area (Å²) in [6.07, 6.45) is 9.77. The maximum Gasteiger partial charge on any atom is 0.0888 e. The SMILES string of the molecule is CCN1C(C#CCNc2ccnc(C)c2)=CC2=CC(CNC)=CCC21. The molecule has 1 aromatic heterocycles. The van der Waals surface area contributed by atoms with Crippen molar-refractivity contribution >= 4 is 5.69 Å². The zero-order chi connectivity index (χ0) is 17.6. The number of pyridine rings is 1. The average Bonchev–Trinajstić information content (AvgIpc) is 2.95. The molecule has 2 N–H and O–H groups in total. The van der Waals surface area contributed by atoms with Gasteiger partial charge in [0.2, 0.25) is 0 Å². The molecule has 1 unspecified atom stereocenters. The van der Waals surface area contributed by atoms with Crippen molar-refractivity contribution in [2.24, 2.45) is 0 Å². The molecule has 2 heterocycles. The number of nitrogens with one attached hydrogen (secondary N) is 2. The standard InChI is InChI=1S/C21H26N4/c1-4-25-20(6-5-10-24-19-9-11-23-16(2)12-19)14-18-13-17(15-22-3)7-8-21(18)25/h7,9,11-14,21-22H,4,8,10,15H2,1-3H3,(H,23,24). The van der Waals surface area contributed by atoms with Crippen LogP contribution in [0.5, 0.6) is 0 Å². The second kappa shape index (κ2) is 8.04. The first kappa shape index (κ1) is 17.3. The van der Waals surface area contributed by atoms with E-state index in [1.165, 1.54) is 11.1 Å². The van der Waals surface area contributed by atoms with Crippen LogP contribution in [-0.4, -0.2) is 42.6 Å². The Balaban J connectivity index is 1.67. The number of anilines is 1. The molecule has 1 aliphatic carbocycles. The first-order valence-corrected chi connectivity index (χ1v) is 8.90. The van der Waals surface area contributed by atoms with Crippen LogP contribution >= 0.6 is 0 Å². The minimum Gasteiger partial charge on any atom is -0.374 e. The van der Waals surface area contributed by atoms with E-state index < -0.39 is 0 Å². The molecule has 4 nitrogen and oxygen atoms in total. The lowest BCUT2D eigenvalue weighted by Gasteiger charge is -2.28. The summed E-state index contributed by atoms with van der Waals surface area (Å²) in [7, 11) is 1.99.